The molecule has 0 bridgehead atoms. The minimum atomic E-state index is 0.806. The van der Waals surface area contributed by atoms with Gasteiger partial charge in [-0.3, -0.25) is 0 Å². The monoisotopic (exact) mass is 209 g/mol. The molecule has 2 rings (SSSR count). The van der Waals surface area contributed by atoms with Gasteiger partial charge in [0, 0.05) is 39.2 Å². The van der Waals surface area contributed by atoms with Crippen molar-refractivity contribution in [3.05, 3.63) is 12.4 Å². The highest BCUT2D eigenvalue weighted by Gasteiger charge is 2.21. The maximum atomic E-state index is 5.03. The number of nitrogens with one attached hydrogen (secondary N) is 1. The van der Waals surface area contributed by atoms with Crippen LogP contribution in [0.25, 0.3) is 0 Å². The molecule has 4 nitrogen and oxygen atoms in total. The van der Waals surface area contributed by atoms with E-state index < -0.39 is 0 Å². The summed E-state index contributed by atoms with van der Waals surface area (Å²) in [7, 11) is 1.74. The number of aromatic nitrogens is 2. The molecule has 0 amide bonds. The molecule has 4 heteroatoms. The molecule has 0 unspecified atom stereocenters. The number of hydrogen-bond donors (Lipinski definition) is 1. The standard InChI is InChI=1S/C11H19N3O/c1-15-8-2-6-14-7-5-12-11(14)13-9-10-3-4-10/h5,7,10H,2-4,6,8-9H2,1H3,(H,12,13). The molecule has 0 aliphatic heterocycles. The van der Waals surface area contributed by atoms with Crippen molar-refractivity contribution in [2.45, 2.75) is 25.8 Å². The second-order valence-electron chi connectivity index (χ2n) is 4.11. The van der Waals surface area contributed by atoms with Crippen LogP contribution in [-0.2, 0) is 11.3 Å². The van der Waals surface area contributed by atoms with Gasteiger partial charge in [0.2, 0.25) is 5.95 Å². The number of imidazole rings is 1. The predicted octanol–water partition coefficient (Wildman–Crippen LogP) is 1.74. The average Bonchev–Trinajstić information content (AvgIpc) is 2.97. The molecule has 1 heterocycles. The molecule has 1 aromatic heterocycles. The van der Waals surface area contributed by atoms with Crippen LogP contribution >= 0.6 is 0 Å². The number of rotatable bonds is 7. The Balaban J connectivity index is 1.78. The highest BCUT2D eigenvalue weighted by Crippen LogP contribution is 2.28. The van der Waals surface area contributed by atoms with Gasteiger partial charge in [-0.25, -0.2) is 4.98 Å². The number of ether oxygens (including phenoxy) is 1. The van der Waals surface area contributed by atoms with Crippen LogP contribution in [0.15, 0.2) is 12.4 Å². The van der Waals surface area contributed by atoms with E-state index in [1.165, 1.54) is 12.8 Å². The summed E-state index contributed by atoms with van der Waals surface area (Å²) in [6.45, 7) is 2.85. The van der Waals surface area contributed by atoms with Crippen LogP contribution in [-0.4, -0.2) is 29.8 Å². The van der Waals surface area contributed by atoms with Crippen molar-refractivity contribution in [1.82, 2.24) is 9.55 Å². The number of anilines is 1. The highest BCUT2D eigenvalue weighted by atomic mass is 16.5. The van der Waals surface area contributed by atoms with Gasteiger partial charge in [-0.2, -0.15) is 0 Å². The molecule has 0 aromatic carbocycles. The van der Waals surface area contributed by atoms with Gasteiger partial charge in [-0.1, -0.05) is 0 Å². The molecule has 1 aromatic rings. The third-order valence-electron chi connectivity index (χ3n) is 2.71. The summed E-state index contributed by atoms with van der Waals surface area (Å²) in [4.78, 5) is 4.31. The van der Waals surface area contributed by atoms with Crippen LogP contribution < -0.4 is 5.32 Å². The SMILES string of the molecule is COCCCn1ccnc1NCC1CC1. The summed E-state index contributed by atoms with van der Waals surface area (Å²) >= 11 is 0. The van der Waals surface area contributed by atoms with Gasteiger partial charge in [0.05, 0.1) is 0 Å². The Kier molecular flexibility index (Phi) is 3.61. The van der Waals surface area contributed by atoms with Crippen molar-refractivity contribution >= 4 is 5.95 Å². The molecule has 0 saturated heterocycles. The Morgan fingerprint density at radius 3 is 3.20 bits per heavy atom. The largest absolute Gasteiger partial charge is 0.385 e. The Morgan fingerprint density at radius 1 is 1.60 bits per heavy atom. The topological polar surface area (TPSA) is 39.1 Å². The summed E-state index contributed by atoms with van der Waals surface area (Å²) in [6, 6.07) is 0. The maximum absolute atomic E-state index is 5.03. The van der Waals surface area contributed by atoms with Crippen molar-refractivity contribution in [1.29, 1.82) is 0 Å². The molecule has 1 N–H and O–H groups in total. The van der Waals surface area contributed by atoms with Crippen LogP contribution in [0.5, 0.6) is 0 Å². The molecule has 1 fully saturated rings. The zero-order chi connectivity index (χ0) is 10.5. The van der Waals surface area contributed by atoms with Crippen LogP contribution in [0.3, 0.4) is 0 Å². The summed E-state index contributed by atoms with van der Waals surface area (Å²) in [5.74, 6) is 1.88. The van der Waals surface area contributed by atoms with Gasteiger partial charge in [0.15, 0.2) is 0 Å². The van der Waals surface area contributed by atoms with Crippen LogP contribution in [0, 0.1) is 5.92 Å². The van der Waals surface area contributed by atoms with Gasteiger partial charge in [0.1, 0.15) is 0 Å². The first kappa shape index (κ1) is 10.5. The van der Waals surface area contributed by atoms with Crippen molar-refractivity contribution in [3.8, 4) is 0 Å². The number of nitrogens with zero attached hydrogens (tertiary/aromatic N) is 2. The lowest BCUT2D eigenvalue weighted by Crippen LogP contribution is -2.10. The fourth-order valence-corrected chi connectivity index (χ4v) is 1.59. The molecule has 0 atom stereocenters. The van der Waals surface area contributed by atoms with Gasteiger partial charge in [-0.15, -0.1) is 0 Å². The van der Waals surface area contributed by atoms with Crippen molar-refractivity contribution in [2.75, 3.05) is 25.6 Å². The van der Waals surface area contributed by atoms with E-state index in [-0.39, 0.29) is 0 Å². The summed E-state index contributed by atoms with van der Waals surface area (Å²) < 4.78 is 7.19. The van der Waals surface area contributed by atoms with E-state index in [1.807, 2.05) is 12.4 Å². The molecule has 0 spiro atoms. The minimum Gasteiger partial charge on any atom is -0.385 e. The van der Waals surface area contributed by atoms with E-state index in [0.717, 1.165) is 38.0 Å². The van der Waals surface area contributed by atoms with Crippen molar-refractivity contribution in [3.63, 3.8) is 0 Å². The third kappa shape index (κ3) is 3.23. The second kappa shape index (κ2) is 5.16. The Hall–Kier alpha value is -1.03. The quantitative estimate of drug-likeness (QED) is 0.695. The van der Waals surface area contributed by atoms with E-state index in [0.29, 0.717) is 0 Å². The normalized spacial score (nSPS) is 15.5. The fourth-order valence-electron chi connectivity index (χ4n) is 1.59. The lowest BCUT2D eigenvalue weighted by Gasteiger charge is -2.08. The summed E-state index contributed by atoms with van der Waals surface area (Å²) in [6.07, 6.45) is 7.65. The highest BCUT2D eigenvalue weighted by molar-refractivity contribution is 5.26. The maximum Gasteiger partial charge on any atom is 0.202 e. The number of methoxy groups -OCH3 is 1. The van der Waals surface area contributed by atoms with E-state index >= 15 is 0 Å². The molecule has 15 heavy (non-hydrogen) atoms. The van der Waals surface area contributed by atoms with Gasteiger partial charge < -0.3 is 14.6 Å². The zero-order valence-corrected chi connectivity index (χ0v) is 9.28. The van der Waals surface area contributed by atoms with Gasteiger partial charge in [0.25, 0.3) is 0 Å². The Morgan fingerprint density at radius 2 is 2.47 bits per heavy atom. The second-order valence-corrected chi connectivity index (χ2v) is 4.11. The first-order chi connectivity index (χ1) is 7.40. The summed E-state index contributed by atoms with van der Waals surface area (Å²) in [5.41, 5.74) is 0. The Bertz CT molecular complexity index is 294. The molecular formula is C11H19N3O. The fraction of sp³-hybridized carbons (Fsp3) is 0.727. The minimum absolute atomic E-state index is 0.806. The van der Waals surface area contributed by atoms with E-state index in [9.17, 15) is 0 Å². The summed E-state index contributed by atoms with van der Waals surface area (Å²) in [5, 5.41) is 3.39. The molecule has 1 aliphatic carbocycles. The molecule has 1 aliphatic rings. The first-order valence-electron chi connectivity index (χ1n) is 5.64. The lowest BCUT2D eigenvalue weighted by molar-refractivity contribution is 0.190. The van der Waals surface area contributed by atoms with Crippen LogP contribution in [0.1, 0.15) is 19.3 Å². The molecule has 0 radical (unpaired) electrons. The molecule has 1 saturated carbocycles. The zero-order valence-electron chi connectivity index (χ0n) is 9.28. The number of aryl methyl sites for hydroxylation is 1. The smallest absolute Gasteiger partial charge is 0.202 e. The number of hydrogen-bond acceptors (Lipinski definition) is 3. The van der Waals surface area contributed by atoms with Crippen LogP contribution in [0.4, 0.5) is 5.95 Å². The van der Waals surface area contributed by atoms with E-state index in [1.54, 1.807) is 7.11 Å². The Labute approximate surface area is 90.6 Å². The van der Waals surface area contributed by atoms with E-state index in [2.05, 4.69) is 14.9 Å². The third-order valence-corrected chi connectivity index (χ3v) is 2.71. The lowest BCUT2D eigenvalue weighted by atomic mass is 10.4. The predicted molar refractivity (Wildman–Crippen MR) is 59.9 cm³/mol. The molecule has 84 valence electrons. The first-order valence-corrected chi connectivity index (χ1v) is 5.64. The van der Waals surface area contributed by atoms with Crippen molar-refractivity contribution < 1.29 is 4.74 Å². The average molecular weight is 209 g/mol. The molecular weight excluding hydrogens is 190 g/mol. The van der Waals surface area contributed by atoms with E-state index in [4.69, 9.17) is 4.74 Å². The van der Waals surface area contributed by atoms with Gasteiger partial charge >= 0.3 is 0 Å². The van der Waals surface area contributed by atoms with Crippen molar-refractivity contribution in [2.24, 2.45) is 5.92 Å². The van der Waals surface area contributed by atoms with Gasteiger partial charge in [-0.05, 0) is 25.2 Å². The van der Waals surface area contributed by atoms with Crippen LogP contribution in [0.2, 0.25) is 0 Å².